The summed E-state index contributed by atoms with van der Waals surface area (Å²) in [5, 5.41) is 0. The molecule has 0 saturated heterocycles. The molecule has 4 rings (SSSR count). The SMILES string of the molecule is CC(C)C(C)c1cc[c-]c(-c2cccc(Cc3cccc(-c4[c-]ccc(C(C)C(C)C)c4)n3)n2)c1.[Pt+2]. The number of nitrogens with zero attached hydrogens (tertiary/aromatic N) is 2. The van der Waals surface area contributed by atoms with Crippen molar-refractivity contribution in [3.63, 3.8) is 0 Å². The van der Waals surface area contributed by atoms with E-state index >= 15 is 0 Å². The summed E-state index contributed by atoms with van der Waals surface area (Å²) in [6.45, 7) is 13.6. The Hall–Kier alpha value is -2.57. The van der Waals surface area contributed by atoms with Crippen LogP contribution in [0.3, 0.4) is 0 Å². The van der Waals surface area contributed by atoms with Gasteiger partial charge in [0.05, 0.1) is 0 Å². The summed E-state index contributed by atoms with van der Waals surface area (Å²) in [7, 11) is 0. The molecule has 2 atom stereocenters. The van der Waals surface area contributed by atoms with Crippen LogP contribution < -0.4 is 0 Å². The number of benzene rings is 2. The first-order chi connectivity index (χ1) is 16.8. The van der Waals surface area contributed by atoms with E-state index in [9.17, 15) is 0 Å². The number of hydrogen-bond donors (Lipinski definition) is 0. The predicted molar refractivity (Wildman–Crippen MR) is 146 cm³/mol. The van der Waals surface area contributed by atoms with E-state index in [0.29, 0.717) is 30.1 Å². The molecule has 2 unspecified atom stereocenters. The first-order valence-corrected chi connectivity index (χ1v) is 12.8. The van der Waals surface area contributed by atoms with Crippen molar-refractivity contribution in [2.45, 2.75) is 59.8 Å². The maximum Gasteiger partial charge on any atom is 2.00 e. The topological polar surface area (TPSA) is 25.8 Å². The summed E-state index contributed by atoms with van der Waals surface area (Å²) >= 11 is 0. The Kier molecular flexibility index (Phi) is 9.80. The third-order valence-corrected chi connectivity index (χ3v) is 7.23. The van der Waals surface area contributed by atoms with Gasteiger partial charge in [0.2, 0.25) is 0 Å². The van der Waals surface area contributed by atoms with Gasteiger partial charge in [-0.15, -0.1) is 70.8 Å². The van der Waals surface area contributed by atoms with Crippen LogP contribution >= 0.6 is 0 Å². The largest absolute Gasteiger partial charge is 2.00 e. The monoisotopic (exact) mass is 655 g/mol. The zero-order chi connectivity index (χ0) is 24.9. The number of hydrogen-bond acceptors (Lipinski definition) is 2. The zero-order valence-electron chi connectivity index (χ0n) is 22.2. The van der Waals surface area contributed by atoms with Crippen molar-refractivity contribution < 1.29 is 21.1 Å². The van der Waals surface area contributed by atoms with Gasteiger partial charge in [0.15, 0.2) is 0 Å². The van der Waals surface area contributed by atoms with E-state index in [2.05, 4.69) is 114 Å². The molecule has 0 bridgehead atoms. The molecule has 2 aromatic heterocycles. The van der Waals surface area contributed by atoms with E-state index in [1.165, 1.54) is 11.1 Å². The van der Waals surface area contributed by atoms with E-state index in [-0.39, 0.29) is 21.1 Å². The van der Waals surface area contributed by atoms with E-state index < -0.39 is 0 Å². The van der Waals surface area contributed by atoms with E-state index in [1.54, 1.807) is 0 Å². The summed E-state index contributed by atoms with van der Waals surface area (Å²) in [5.41, 5.74) is 8.69. The fraction of sp³-hybridized carbons (Fsp3) is 0.333. The van der Waals surface area contributed by atoms with Crippen molar-refractivity contribution in [3.05, 3.63) is 107 Å². The first kappa shape index (κ1) is 28.0. The minimum absolute atomic E-state index is 0. The Morgan fingerprint density at radius 3 is 1.42 bits per heavy atom. The molecule has 0 aliphatic heterocycles. The van der Waals surface area contributed by atoms with Crippen LogP contribution in [0.25, 0.3) is 22.5 Å². The van der Waals surface area contributed by atoms with Crippen molar-refractivity contribution in [2.24, 2.45) is 11.8 Å². The fourth-order valence-corrected chi connectivity index (χ4v) is 4.24. The maximum absolute atomic E-state index is 4.96. The number of aromatic nitrogens is 2. The molecule has 0 fully saturated rings. The fourth-order valence-electron chi connectivity index (χ4n) is 4.24. The molecular weight excluding hydrogens is 619 g/mol. The number of rotatable bonds is 8. The molecule has 2 aromatic carbocycles. The molecule has 2 heterocycles. The van der Waals surface area contributed by atoms with Gasteiger partial charge in [-0.3, -0.25) is 0 Å². The summed E-state index contributed by atoms with van der Waals surface area (Å²) in [6, 6.07) is 32.1. The van der Waals surface area contributed by atoms with Gasteiger partial charge in [-0.05, 0) is 47.2 Å². The average molecular weight is 656 g/mol. The predicted octanol–water partition coefficient (Wildman–Crippen LogP) is 8.52. The molecule has 0 amide bonds. The maximum atomic E-state index is 4.96. The molecule has 0 spiro atoms. The minimum Gasteiger partial charge on any atom is -0.301 e. The van der Waals surface area contributed by atoms with Crippen LogP contribution in [0.4, 0.5) is 0 Å². The Morgan fingerprint density at radius 2 is 1.03 bits per heavy atom. The molecule has 188 valence electrons. The standard InChI is InChI=1S/C33H36N2.Pt/c1-22(2)24(5)26-11-7-13-28(19-26)32-17-9-15-30(34-32)21-31-16-10-18-33(35-31)29-14-8-12-27(20-29)25(6)23(3)4;/h7-12,15-20,22-25H,21H2,1-6H3;/q-2;+2. The molecule has 3 heteroatoms. The van der Waals surface area contributed by atoms with Gasteiger partial charge < -0.3 is 9.97 Å². The van der Waals surface area contributed by atoms with Gasteiger partial charge in [0.25, 0.3) is 0 Å². The molecule has 0 radical (unpaired) electrons. The first-order valence-electron chi connectivity index (χ1n) is 12.8. The third kappa shape index (κ3) is 6.80. The van der Waals surface area contributed by atoms with Crippen LogP contribution in [0.15, 0.2) is 72.8 Å². The Labute approximate surface area is 231 Å². The van der Waals surface area contributed by atoms with Crippen LogP contribution in [0.1, 0.15) is 75.9 Å². The molecule has 0 saturated carbocycles. The molecular formula is C33H36N2Pt. The molecule has 0 aliphatic rings. The zero-order valence-corrected chi connectivity index (χ0v) is 24.4. The van der Waals surface area contributed by atoms with Crippen molar-refractivity contribution in [1.29, 1.82) is 0 Å². The quantitative estimate of drug-likeness (QED) is 0.178. The molecule has 0 N–H and O–H groups in total. The van der Waals surface area contributed by atoms with Gasteiger partial charge >= 0.3 is 21.1 Å². The Balaban J connectivity index is 0.00000361. The minimum atomic E-state index is 0. The van der Waals surface area contributed by atoms with Crippen molar-refractivity contribution >= 4 is 0 Å². The van der Waals surface area contributed by atoms with Gasteiger partial charge in [-0.1, -0.05) is 65.8 Å². The van der Waals surface area contributed by atoms with Crippen molar-refractivity contribution in [2.75, 3.05) is 0 Å². The van der Waals surface area contributed by atoms with Gasteiger partial charge in [-0.25, -0.2) is 0 Å². The van der Waals surface area contributed by atoms with E-state index in [1.807, 2.05) is 12.1 Å². The van der Waals surface area contributed by atoms with Crippen molar-refractivity contribution in [1.82, 2.24) is 9.97 Å². The number of pyridine rings is 2. The van der Waals surface area contributed by atoms with Crippen LogP contribution in [0, 0.1) is 24.0 Å². The Morgan fingerprint density at radius 1 is 0.611 bits per heavy atom. The molecule has 4 aromatic rings. The van der Waals surface area contributed by atoms with Crippen LogP contribution in [-0.2, 0) is 27.5 Å². The average Bonchev–Trinajstić information content (AvgIpc) is 2.88. The van der Waals surface area contributed by atoms with Crippen molar-refractivity contribution in [3.8, 4) is 22.5 Å². The molecule has 36 heavy (non-hydrogen) atoms. The summed E-state index contributed by atoms with van der Waals surface area (Å²) in [5.74, 6) is 2.18. The van der Waals surface area contributed by atoms with Crippen LogP contribution in [0.2, 0.25) is 0 Å². The van der Waals surface area contributed by atoms with E-state index in [0.717, 1.165) is 33.9 Å². The Bertz CT molecular complexity index is 1180. The van der Waals surface area contributed by atoms with Crippen LogP contribution in [0.5, 0.6) is 0 Å². The second-order valence-electron chi connectivity index (χ2n) is 10.3. The van der Waals surface area contributed by atoms with Gasteiger partial charge in [-0.2, -0.15) is 0 Å². The summed E-state index contributed by atoms with van der Waals surface area (Å²) in [6.07, 6.45) is 0.686. The molecule has 2 nitrogen and oxygen atoms in total. The summed E-state index contributed by atoms with van der Waals surface area (Å²) in [4.78, 5) is 9.93. The third-order valence-electron chi connectivity index (χ3n) is 7.23. The summed E-state index contributed by atoms with van der Waals surface area (Å²) < 4.78 is 0. The second kappa shape index (κ2) is 12.6. The molecule has 0 aliphatic carbocycles. The van der Waals surface area contributed by atoms with Gasteiger partial charge in [0.1, 0.15) is 0 Å². The van der Waals surface area contributed by atoms with E-state index in [4.69, 9.17) is 9.97 Å². The smallest absolute Gasteiger partial charge is 0.301 e. The normalized spacial score (nSPS) is 12.9. The van der Waals surface area contributed by atoms with Gasteiger partial charge in [0, 0.05) is 17.8 Å². The second-order valence-corrected chi connectivity index (χ2v) is 10.3. The van der Waals surface area contributed by atoms with Crippen LogP contribution in [-0.4, -0.2) is 9.97 Å².